The van der Waals surface area contributed by atoms with Crippen LogP contribution in [0.3, 0.4) is 0 Å². The highest BCUT2D eigenvalue weighted by molar-refractivity contribution is 5.72. The third kappa shape index (κ3) is 1.67. The highest BCUT2D eigenvalue weighted by atomic mass is 15.3. The first-order valence-corrected chi connectivity index (χ1v) is 5.24. The summed E-state index contributed by atoms with van der Waals surface area (Å²) in [5.74, 6) is 0. The lowest BCUT2D eigenvalue weighted by Crippen LogP contribution is -1.94. The van der Waals surface area contributed by atoms with Crippen LogP contribution in [0, 0.1) is 0 Å². The van der Waals surface area contributed by atoms with E-state index in [-0.39, 0.29) is 0 Å². The van der Waals surface area contributed by atoms with Crippen LogP contribution in [0.15, 0.2) is 48.9 Å². The lowest BCUT2D eigenvalue weighted by atomic mass is 10.1. The number of anilines is 1. The van der Waals surface area contributed by atoms with E-state index in [0.717, 1.165) is 16.9 Å². The Hall–Kier alpha value is -2.56. The summed E-state index contributed by atoms with van der Waals surface area (Å²) in [6, 6.07) is 9.84. The van der Waals surface area contributed by atoms with Crippen molar-refractivity contribution < 1.29 is 0 Å². The van der Waals surface area contributed by atoms with Crippen molar-refractivity contribution in [3.8, 4) is 16.9 Å². The molecule has 84 valence electrons. The number of aromatic amines is 1. The van der Waals surface area contributed by atoms with Gasteiger partial charge in [0.1, 0.15) is 0 Å². The van der Waals surface area contributed by atoms with Crippen LogP contribution >= 0.6 is 0 Å². The van der Waals surface area contributed by atoms with Gasteiger partial charge in [-0.2, -0.15) is 10.2 Å². The number of nitrogens with zero attached hydrogens (tertiary/aromatic N) is 3. The minimum absolute atomic E-state index is 0.650. The van der Waals surface area contributed by atoms with Gasteiger partial charge in [-0.15, -0.1) is 0 Å². The van der Waals surface area contributed by atoms with Crippen molar-refractivity contribution in [2.24, 2.45) is 0 Å². The molecule has 3 aromatic rings. The number of nitrogens with two attached hydrogens (primary N) is 1. The number of hydrogen-bond acceptors (Lipinski definition) is 3. The fraction of sp³-hybridized carbons (Fsp3) is 0. The van der Waals surface area contributed by atoms with Gasteiger partial charge in [0.25, 0.3) is 0 Å². The maximum Gasteiger partial charge on any atom is 0.0879 e. The SMILES string of the molecule is Nc1cn[nH]c1-c1ccc(-n2cccn2)cc1. The van der Waals surface area contributed by atoms with Gasteiger partial charge in [0.15, 0.2) is 0 Å². The second-order valence-electron chi connectivity index (χ2n) is 3.70. The number of nitrogens with one attached hydrogen (secondary N) is 1. The Balaban J connectivity index is 1.99. The van der Waals surface area contributed by atoms with Gasteiger partial charge in [-0.1, -0.05) is 12.1 Å². The fourth-order valence-corrected chi connectivity index (χ4v) is 1.73. The van der Waals surface area contributed by atoms with Crippen LogP contribution in [0.2, 0.25) is 0 Å². The minimum atomic E-state index is 0.650. The Bertz CT molecular complexity index is 607. The predicted octanol–water partition coefficient (Wildman–Crippen LogP) is 1.84. The lowest BCUT2D eigenvalue weighted by Gasteiger charge is -2.03. The molecular formula is C12H11N5. The molecule has 2 heterocycles. The third-order valence-corrected chi connectivity index (χ3v) is 2.59. The molecule has 5 nitrogen and oxygen atoms in total. The summed E-state index contributed by atoms with van der Waals surface area (Å²) in [6.07, 6.45) is 5.26. The standard InChI is InChI=1S/C12H11N5/c13-11-8-14-16-12(11)9-2-4-10(5-3-9)17-7-1-6-15-17/h1-8H,13H2,(H,14,16). The van der Waals surface area contributed by atoms with Crippen LogP contribution in [0.1, 0.15) is 0 Å². The summed E-state index contributed by atoms with van der Waals surface area (Å²) >= 11 is 0. The zero-order chi connectivity index (χ0) is 11.7. The topological polar surface area (TPSA) is 72.5 Å². The average molecular weight is 225 g/mol. The molecule has 0 amide bonds. The molecule has 3 rings (SSSR count). The number of rotatable bonds is 2. The number of nitrogen functional groups attached to an aromatic ring is 1. The first kappa shape index (κ1) is 9.65. The maximum atomic E-state index is 5.79. The number of H-pyrrole nitrogens is 1. The van der Waals surface area contributed by atoms with E-state index in [0.29, 0.717) is 5.69 Å². The molecule has 5 heteroatoms. The van der Waals surface area contributed by atoms with Gasteiger partial charge in [0.2, 0.25) is 0 Å². The first-order chi connectivity index (χ1) is 8.34. The van der Waals surface area contributed by atoms with Crippen LogP contribution in [-0.2, 0) is 0 Å². The monoisotopic (exact) mass is 225 g/mol. The van der Waals surface area contributed by atoms with E-state index < -0.39 is 0 Å². The Morgan fingerprint density at radius 1 is 1.18 bits per heavy atom. The molecule has 0 spiro atoms. The van der Waals surface area contributed by atoms with Crippen molar-refractivity contribution in [1.82, 2.24) is 20.0 Å². The van der Waals surface area contributed by atoms with E-state index in [9.17, 15) is 0 Å². The summed E-state index contributed by atoms with van der Waals surface area (Å²) in [6.45, 7) is 0. The van der Waals surface area contributed by atoms with Crippen molar-refractivity contribution in [3.63, 3.8) is 0 Å². The second-order valence-corrected chi connectivity index (χ2v) is 3.70. The summed E-state index contributed by atoms with van der Waals surface area (Å²) in [5, 5.41) is 10.9. The van der Waals surface area contributed by atoms with Gasteiger partial charge >= 0.3 is 0 Å². The highest BCUT2D eigenvalue weighted by Gasteiger charge is 2.04. The molecule has 0 aliphatic rings. The van der Waals surface area contributed by atoms with Gasteiger partial charge in [-0.25, -0.2) is 4.68 Å². The molecule has 3 N–H and O–H groups in total. The summed E-state index contributed by atoms with van der Waals surface area (Å²) in [4.78, 5) is 0. The van der Waals surface area contributed by atoms with E-state index >= 15 is 0 Å². The summed E-state index contributed by atoms with van der Waals surface area (Å²) in [7, 11) is 0. The predicted molar refractivity (Wildman–Crippen MR) is 65.6 cm³/mol. The van der Waals surface area contributed by atoms with Crippen molar-refractivity contribution >= 4 is 5.69 Å². The highest BCUT2D eigenvalue weighted by Crippen LogP contribution is 2.23. The summed E-state index contributed by atoms with van der Waals surface area (Å²) < 4.78 is 1.81. The third-order valence-electron chi connectivity index (χ3n) is 2.59. The van der Waals surface area contributed by atoms with E-state index in [4.69, 9.17) is 5.73 Å². The van der Waals surface area contributed by atoms with Gasteiger partial charge < -0.3 is 5.73 Å². The van der Waals surface area contributed by atoms with E-state index in [1.54, 1.807) is 17.1 Å². The molecule has 0 saturated carbocycles. The quantitative estimate of drug-likeness (QED) is 0.699. The molecule has 0 unspecified atom stereocenters. The normalized spacial score (nSPS) is 10.6. The first-order valence-electron chi connectivity index (χ1n) is 5.24. The molecule has 1 aromatic carbocycles. The molecule has 0 atom stereocenters. The molecule has 0 fully saturated rings. The van der Waals surface area contributed by atoms with Crippen molar-refractivity contribution in [3.05, 3.63) is 48.9 Å². The second kappa shape index (κ2) is 3.79. The largest absolute Gasteiger partial charge is 0.396 e. The lowest BCUT2D eigenvalue weighted by molar-refractivity contribution is 0.881. The van der Waals surface area contributed by atoms with Gasteiger partial charge in [0, 0.05) is 18.0 Å². The van der Waals surface area contributed by atoms with Crippen molar-refractivity contribution in [2.45, 2.75) is 0 Å². The Morgan fingerprint density at radius 3 is 2.59 bits per heavy atom. The van der Waals surface area contributed by atoms with E-state index in [1.807, 2.05) is 36.5 Å². The molecule has 0 saturated heterocycles. The summed E-state index contributed by atoms with van der Waals surface area (Å²) in [5.41, 5.74) is 9.31. The molecule has 0 radical (unpaired) electrons. The van der Waals surface area contributed by atoms with Gasteiger partial charge in [0.05, 0.1) is 23.3 Å². The number of benzene rings is 1. The number of hydrogen-bond donors (Lipinski definition) is 2. The minimum Gasteiger partial charge on any atom is -0.396 e. The van der Waals surface area contributed by atoms with Crippen LogP contribution in [0.4, 0.5) is 5.69 Å². The smallest absolute Gasteiger partial charge is 0.0879 e. The molecular weight excluding hydrogens is 214 g/mol. The van der Waals surface area contributed by atoms with E-state index in [1.165, 1.54) is 0 Å². The van der Waals surface area contributed by atoms with Gasteiger partial charge in [-0.3, -0.25) is 5.10 Å². The Kier molecular flexibility index (Phi) is 2.15. The van der Waals surface area contributed by atoms with Crippen LogP contribution in [-0.4, -0.2) is 20.0 Å². The van der Waals surface area contributed by atoms with Gasteiger partial charge in [-0.05, 0) is 18.2 Å². The Morgan fingerprint density at radius 2 is 2.00 bits per heavy atom. The fourth-order valence-electron chi connectivity index (χ4n) is 1.73. The number of aromatic nitrogens is 4. The van der Waals surface area contributed by atoms with Crippen LogP contribution in [0.25, 0.3) is 16.9 Å². The molecule has 0 aliphatic heterocycles. The molecule has 0 aliphatic carbocycles. The van der Waals surface area contributed by atoms with E-state index in [2.05, 4.69) is 15.3 Å². The zero-order valence-corrected chi connectivity index (χ0v) is 9.04. The zero-order valence-electron chi connectivity index (χ0n) is 9.04. The van der Waals surface area contributed by atoms with Crippen LogP contribution < -0.4 is 5.73 Å². The maximum absolute atomic E-state index is 5.79. The average Bonchev–Trinajstić information content (AvgIpc) is 3.00. The Labute approximate surface area is 97.9 Å². The molecule has 2 aromatic heterocycles. The van der Waals surface area contributed by atoms with Crippen LogP contribution in [0.5, 0.6) is 0 Å². The molecule has 0 bridgehead atoms. The molecule has 17 heavy (non-hydrogen) atoms. The van der Waals surface area contributed by atoms with Crippen molar-refractivity contribution in [1.29, 1.82) is 0 Å². The van der Waals surface area contributed by atoms with Crippen molar-refractivity contribution in [2.75, 3.05) is 5.73 Å².